The Hall–Kier alpha value is -2.69. The van der Waals surface area contributed by atoms with Crippen LogP contribution in [0.4, 0.5) is 5.69 Å². The molecule has 0 aliphatic heterocycles. The van der Waals surface area contributed by atoms with E-state index in [0.29, 0.717) is 17.0 Å². The normalized spacial score (nSPS) is 10.8. The van der Waals surface area contributed by atoms with E-state index >= 15 is 0 Å². The topological polar surface area (TPSA) is 69.2 Å². The summed E-state index contributed by atoms with van der Waals surface area (Å²) in [6.07, 6.45) is 0. The summed E-state index contributed by atoms with van der Waals surface area (Å²) in [5, 5.41) is 10.8. The van der Waals surface area contributed by atoms with E-state index in [1.807, 2.05) is 25.1 Å². The highest BCUT2D eigenvalue weighted by Crippen LogP contribution is 2.27. The quantitative estimate of drug-likeness (QED) is 0.516. The van der Waals surface area contributed by atoms with E-state index in [1.165, 1.54) is 12.1 Å². The molecule has 0 fully saturated rings. The maximum atomic E-state index is 10.8. The molecule has 0 spiro atoms. The molecule has 94 valence electrons. The van der Waals surface area contributed by atoms with Crippen molar-refractivity contribution in [3.63, 3.8) is 0 Å². The minimum Gasteiger partial charge on any atom is -0.436 e. The van der Waals surface area contributed by atoms with Crippen LogP contribution in [0.25, 0.3) is 22.6 Å². The molecule has 3 aromatic rings. The van der Waals surface area contributed by atoms with E-state index in [2.05, 4.69) is 4.98 Å². The second-order valence-electron chi connectivity index (χ2n) is 4.25. The van der Waals surface area contributed by atoms with Crippen LogP contribution in [0, 0.1) is 17.0 Å². The van der Waals surface area contributed by atoms with Crippen LogP contribution in [0.5, 0.6) is 0 Å². The van der Waals surface area contributed by atoms with Crippen LogP contribution >= 0.6 is 0 Å². The molecule has 5 nitrogen and oxygen atoms in total. The SMILES string of the molecule is Cc1cccc2oc(-c3cccc([N+](=O)[O-])c3)nc12. The van der Waals surface area contributed by atoms with Gasteiger partial charge in [0.15, 0.2) is 5.58 Å². The van der Waals surface area contributed by atoms with Gasteiger partial charge < -0.3 is 4.42 Å². The number of nitro groups is 1. The molecule has 0 amide bonds. The van der Waals surface area contributed by atoms with Crippen LogP contribution < -0.4 is 0 Å². The van der Waals surface area contributed by atoms with Gasteiger partial charge in [-0.3, -0.25) is 10.1 Å². The van der Waals surface area contributed by atoms with Crippen molar-refractivity contribution in [2.24, 2.45) is 0 Å². The molecule has 2 aromatic carbocycles. The van der Waals surface area contributed by atoms with E-state index in [0.717, 1.165) is 11.1 Å². The number of nitro benzene ring substituents is 1. The van der Waals surface area contributed by atoms with Crippen molar-refractivity contribution in [1.82, 2.24) is 4.98 Å². The number of hydrogen-bond donors (Lipinski definition) is 0. The fraction of sp³-hybridized carbons (Fsp3) is 0.0714. The van der Waals surface area contributed by atoms with E-state index in [-0.39, 0.29) is 5.69 Å². The number of hydrogen-bond acceptors (Lipinski definition) is 4. The number of rotatable bonds is 2. The Labute approximate surface area is 108 Å². The molecule has 0 aliphatic rings. The van der Waals surface area contributed by atoms with Gasteiger partial charge in [-0.2, -0.15) is 0 Å². The van der Waals surface area contributed by atoms with Crippen LogP contribution in [-0.4, -0.2) is 9.91 Å². The van der Waals surface area contributed by atoms with Crippen LogP contribution in [-0.2, 0) is 0 Å². The third-order valence-electron chi connectivity index (χ3n) is 2.92. The summed E-state index contributed by atoms with van der Waals surface area (Å²) in [5.41, 5.74) is 3.10. The summed E-state index contributed by atoms with van der Waals surface area (Å²) >= 11 is 0. The van der Waals surface area contributed by atoms with Crippen LogP contribution in [0.2, 0.25) is 0 Å². The van der Waals surface area contributed by atoms with Gasteiger partial charge in [0.2, 0.25) is 5.89 Å². The molecule has 1 heterocycles. The summed E-state index contributed by atoms with van der Waals surface area (Å²) in [6.45, 7) is 1.95. The molecule has 1 aromatic heterocycles. The Morgan fingerprint density at radius 2 is 2.00 bits per heavy atom. The highest BCUT2D eigenvalue weighted by Gasteiger charge is 2.13. The van der Waals surface area contributed by atoms with Crippen molar-refractivity contribution in [1.29, 1.82) is 0 Å². The maximum absolute atomic E-state index is 10.8. The average Bonchev–Trinajstić information content (AvgIpc) is 2.84. The van der Waals surface area contributed by atoms with Gasteiger partial charge in [-0.15, -0.1) is 0 Å². The molecule has 19 heavy (non-hydrogen) atoms. The lowest BCUT2D eigenvalue weighted by Gasteiger charge is -1.94. The van der Waals surface area contributed by atoms with Gasteiger partial charge >= 0.3 is 0 Å². The molecule has 0 unspecified atom stereocenters. The van der Waals surface area contributed by atoms with E-state index in [9.17, 15) is 10.1 Å². The Bertz CT molecular complexity index is 777. The van der Waals surface area contributed by atoms with Crippen LogP contribution in [0.1, 0.15) is 5.56 Å². The third-order valence-corrected chi connectivity index (χ3v) is 2.92. The first kappa shape index (κ1) is 11.4. The fourth-order valence-corrected chi connectivity index (χ4v) is 1.96. The average molecular weight is 254 g/mol. The predicted molar refractivity (Wildman–Crippen MR) is 70.8 cm³/mol. The lowest BCUT2D eigenvalue weighted by Crippen LogP contribution is -1.88. The lowest BCUT2D eigenvalue weighted by atomic mass is 10.2. The van der Waals surface area contributed by atoms with Crippen molar-refractivity contribution >= 4 is 16.8 Å². The van der Waals surface area contributed by atoms with Gasteiger partial charge in [0, 0.05) is 17.7 Å². The first-order chi connectivity index (χ1) is 9.15. The van der Waals surface area contributed by atoms with E-state index in [1.54, 1.807) is 12.1 Å². The van der Waals surface area contributed by atoms with Gasteiger partial charge in [-0.25, -0.2) is 4.98 Å². The molecular formula is C14H10N2O3. The molecule has 0 atom stereocenters. The number of benzene rings is 2. The molecule has 0 radical (unpaired) electrons. The number of nitrogens with zero attached hydrogens (tertiary/aromatic N) is 2. The largest absolute Gasteiger partial charge is 0.436 e. The molecule has 0 N–H and O–H groups in total. The van der Waals surface area contributed by atoms with Crippen molar-refractivity contribution in [2.45, 2.75) is 6.92 Å². The Kier molecular flexibility index (Phi) is 2.52. The number of oxazole rings is 1. The minimum atomic E-state index is -0.433. The number of aromatic nitrogens is 1. The third kappa shape index (κ3) is 1.95. The van der Waals surface area contributed by atoms with Gasteiger partial charge in [-0.05, 0) is 24.6 Å². The van der Waals surface area contributed by atoms with Crippen LogP contribution in [0.15, 0.2) is 46.9 Å². The Morgan fingerprint density at radius 1 is 1.21 bits per heavy atom. The van der Waals surface area contributed by atoms with Crippen molar-refractivity contribution < 1.29 is 9.34 Å². The van der Waals surface area contributed by atoms with Crippen LogP contribution in [0.3, 0.4) is 0 Å². The smallest absolute Gasteiger partial charge is 0.270 e. The standard InChI is InChI=1S/C14H10N2O3/c1-9-4-2-7-12-13(9)15-14(19-12)10-5-3-6-11(8-10)16(17)18/h2-8H,1H3. The molecule has 3 rings (SSSR count). The summed E-state index contributed by atoms with van der Waals surface area (Å²) in [5.74, 6) is 0.396. The lowest BCUT2D eigenvalue weighted by molar-refractivity contribution is -0.384. The fourth-order valence-electron chi connectivity index (χ4n) is 1.96. The zero-order valence-corrected chi connectivity index (χ0v) is 10.2. The second-order valence-corrected chi connectivity index (χ2v) is 4.25. The molecule has 0 saturated carbocycles. The van der Waals surface area contributed by atoms with E-state index < -0.39 is 4.92 Å². The van der Waals surface area contributed by atoms with Crippen molar-refractivity contribution in [3.8, 4) is 11.5 Å². The highest BCUT2D eigenvalue weighted by atomic mass is 16.6. The number of fused-ring (bicyclic) bond motifs is 1. The van der Waals surface area contributed by atoms with Gasteiger partial charge in [0.05, 0.1) is 4.92 Å². The molecule has 0 aliphatic carbocycles. The maximum Gasteiger partial charge on any atom is 0.270 e. The molecule has 0 bridgehead atoms. The Morgan fingerprint density at radius 3 is 2.74 bits per heavy atom. The van der Waals surface area contributed by atoms with Crippen molar-refractivity contribution in [2.75, 3.05) is 0 Å². The second kappa shape index (κ2) is 4.20. The predicted octanol–water partition coefficient (Wildman–Crippen LogP) is 3.71. The molecule has 5 heteroatoms. The summed E-state index contributed by atoms with van der Waals surface area (Å²) in [6, 6.07) is 11.9. The number of aryl methyl sites for hydroxylation is 1. The first-order valence-electron chi connectivity index (χ1n) is 5.76. The molecule has 0 saturated heterocycles. The zero-order valence-electron chi connectivity index (χ0n) is 10.2. The van der Waals surface area contributed by atoms with Gasteiger partial charge in [0.25, 0.3) is 5.69 Å². The highest BCUT2D eigenvalue weighted by molar-refractivity contribution is 5.79. The van der Waals surface area contributed by atoms with Gasteiger partial charge in [-0.1, -0.05) is 18.2 Å². The first-order valence-corrected chi connectivity index (χ1v) is 5.76. The van der Waals surface area contributed by atoms with E-state index in [4.69, 9.17) is 4.42 Å². The van der Waals surface area contributed by atoms with Crippen molar-refractivity contribution in [3.05, 3.63) is 58.1 Å². The number of para-hydroxylation sites is 1. The summed E-state index contributed by atoms with van der Waals surface area (Å²) < 4.78 is 5.64. The minimum absolute atomic E-state index is 0.0245. The summed E-state index contributed by atoms with van der Waals surface area (Å²) in [7, 11) is 0. The zero-order chi connectivity index (χ0) is 13.4. The number of non-ortho nitro benzene ring substituents is 1. The molecular weight excluding hydrogens is 244 g/mol. The van der Waals surface area contributed by atoms with Gasteiger partial charge in [0.1, 0.15) is 5.52 Å². The monoisotopic (exact) mass is 254 g/mol. The Balaban J connectivity index is 2.16. The summed E-state index contributed by atoms with van der Waals surface area (Å²) in [4.78, 5) is 14.7.